The van der Waals surface area contributed by atoms with Gasteiger partial charge in [-0.25, -0.2) is 0 Å². The molecular weight excluding hydrogens is 264 g/mol. The number of morpholine rings is 1. The number of nitrogens with zero attached hydrogens (tertiary/aromatic N) is 2. The Kier molecular flexibility index (Phi) is 4.27. The molecule has 0 radical (unpaired) electrons. The molecule has 3 rings (SSSR count). The second kappa shape index (κ2) is 6.16. The zero-order valence-electron chi connectivity index (χ0n) is 12.8. The quantitative estimate of drug-likeness (QED) is 0.833. The number of carbonyl (C=O) groups is 1. The van der Waals surface area contributed by atoms with Crippen LogP contribution >= 0.6 is 0 Å². The molecule has 1 aromatic rings. The van der Waals surface area contributed by atoms with Gasteiger partial charge in [-0.3, -0.25) is 9.69 Å². The summed E-state index contributed by atoms with van der Waals surface area (Å²) < 4.78 is 6.12. The number of ether oxygens (including phenoxy) is 1. The Hall–Kier alpha value is -1.39. The van der Waals surface area contributed by atoms with Crippen molar-refractivity contribution < 1.29 is 9.53 Å². The molecule has 2 aliphatic rings. The zero-order chi connectivity index (χ0) is 14.7. The third-order valence-corrected chi connectivity index (χ3v) is 4.56. The fourth-order valence-corrected chi connectivity index (χ4v) is 3.51. The van der Waals surface area contributed by atoms with Gasteiger partial charge in [0.15, 0.2) is 0 Å². The van der Waals surface area contributed by atoms with Crippen molar-refractivity contribution in [2.45, 2.75) is 31.9 Å². The van der Waals surface area contributed by atoms with Crippen LogP contribution in [-0.4, -0.2) is 54.1 Å². The van der Waals surface area contributed by atoms with Crippen molar-refractivity contribution in [3.63, 3.8) is 0 Å². The maximum absolute atomic E-state index is 11.7. The van der Waals surface area contributed by atoms with E-state index in [4.69, 9.17) is 4.74 Å². The molecule has 0 N–H and O–H groups in total. The first-order chi connectivity index (χ1) is 10.2. The summed E-state index contributed by atoms with van der Waals surface area (Å²) in [4.78, 5) is 16.1. The monoisotopic (exact) mass is 288 g/mol. The van der Waals surface area contributed by atoms with Crippen LogP contribution in [0.1, 0.15) is 25.3 Å². The first-order valence-electron chi connectivity index (χ1n) is 7.83. The molecule has 0 aromatic heterocycles. The molecule has 21 heavy (non-hydrogen) atoms. The number of amides is 1. The van der Waals surface area contributed by atoms with Crippen LogP contribution in [-0.2, 0) is 16.1 Å². The van der Waals surface area contributed by atoms with Crippen molar-refractivity contribution in [2.24, 2.45) is 0 Å². The van der Waals surface area contributed by atoms with Gasteiger partial charge in [0.2, 0.25) is 5.91 Å². The summed E-state index contributed by atoms with van der Waals surface area (Å²) in [6, 6.07) is 10.6. The number of carbonyl (C=O) groups excluding carboxylic acids is 1. The molecule has 0 saturated carbocycles. The predicted molar refractivity (Wildman–Crippen MR) is 81.9 cm³/mol. The summed E-state index contributed by atoms with van der Waals surface area (Å²) in [6.07, 6.45) is 2.10. The minimum absolute atomic E-state index is 0.156. The highest BCUT2D eigenvalue weighted by Gasteiger charge is 2.41. The molecular formula is C17H24N2O2. The fourth-order valence-electron chi connectivity index (χ4n) is 3.51. The van der Waals surface area contributed by atoms with Crippen LogP contribution in [0.25, 0.3) is 0 Å². The number of rotatable bonds is 2. The highest BCUT2D eigenvalue weighted by atomic mass is 16.5. The molecule has 1 spiro atoms. The van der Waals surface area contributed by atoms with E-state index in [1.165, 1.54) is 5.56 Å². The first kappa shape index (κ1) is 14.5. The lowest BCUT2D eigenvalue weighted by Crippen LogP contribution is -2.60. The van der Waals surface area contributed by atoms with Crippen molar-refractivity contribution in [3.05, 3.63) is 35.9 Å². The van der Waals surface area contributed by atoms with E-state index < -0.39 is 0 Å². The van der Waals surface area contributed by atoms with Crippen LogP contribution in [0.2, 0.25) is 0 Å². The average molecular weight is 288 g/mol. The Labute approximate surface area is 126 Å². The molecule has 4 heteroatoms. The van der Waals surface area contributed by atoms with Crippen LogP contribution < -0.4 is 0 Å². The Morgan fingerprint density at radius 2 is 2.05 bits per heavy atom. The Morgan fingerprint density at radius 3 is 2.81 bits per heavy atom. The van der Waals surface area contributed by atoms with E-state index in [0.29, 0.717) is 0 Å². The number of piperidine rings is 1. The minimum atomic E-state index is -0.156. The van der Waals surface area contributed by atoms with E-state index in [1.54, 1.807) is 6.92 Å². The second-order valence-electron chi connectivity index (χ2n) is 6.27. The third-order valence-electron chi connectivity index (χ3n) is 4.56. The van der Waals surface area contributed by atoms with E-state index in [2.05, 4.69) is 35.2 Å². The summed E-state index contributed by atoms with van der Waals surface area (Å²) in [5, 5.41) is 0. The molecule has 2 aliphatic heterocycles. The first-order valence-corrected chi connectivity index (χ1v) is 7.83. The molecule has 1 aromatic carbocycles. The molecule has 0 bridgehead atoms. The smallest absolute Gasteiger partial charge is 0.219 e. The summed E-state index contributed by atoms with van der Waals surface area (Å²) in [5.74, 6) is 0.165. The molecule has 114 valence electrons. The van der Waals surface area contributed by atoms with E-state index >= 15 is 0 Å². The van der Waals surface area contributed by atoms with Gasteiger partial charge in [0.25, 0.3) is 0 Å². The SMILES string of the molecule is CC(=O)N1CCC[C@]2(CN(Cc3ccccc3)CCO2)C1. The van der Waals surface area contributed by atoms with Crippen molar-refractivity contribution in [1.82, 2.24) is 9.80 Å². The van der Waals surface area contributed by atoms with E-state index in [1.807, 2.05) is 4.90 Å². The molecule has 1 atom stereocenters. The fraction of sp³-hybridized carbons (Fsp3) is 0.588. The normalized spacial score (nSPS) is 27.0. The second-order valence-corrected chi connectivity index (χ2v) is 6.27. The van der Waals surface area contributed by atoms with Crippen LogP contribution in [0, 0.1) is 0 Å². The molecule has 0 unspecified atom stereocenters. The van der Waals surface area contributed by atoms with E-state index in [9.17, 15) is 4.79 Å². The van der Waals surface area contributed by atoms with Crippen LogP contribution in [0.4, 0.5) is 0 Å². The molecule has 2 heterocycles. The van der Waals surface area contributed by atoms with Gasteiger partial charge in [-0.15, -0.1) is 0 Å². The largest absolute Gasteiger partial charge is 0.370 e. The summed E-state index contributed by atoms with van der Waals surface area (Å²) in [7, 11) is 0. The van der Waals surface area contributed by atoms with Gasteiger partial charge in [0.1, 0.15) is 0 Å². The summed E-state index contributed by atoms with van der Waals surface area (Å²) in [5.41, 5.74) is 1.19. The number of benzene rings is 1. The highest BCUT2D eigenvalue weighted by Crippen LogP contribution is 2.29. The van der Waals surface area contributed by atoms with Crippen LogP contribution in [0.3, 0.4) is 0 Å². The summed E-state index contributed by atoms with van der Waals surface area (Å²) in [6.45, 7) is 6.89. The molecule has 1 amide bonds. The predicted octanol–water partition coefficient (Wildman–Crippen LogP) is 1.90. The molecule has 2 fully saturated rings. The topological polar surface area (TPSA) is 32.8 Å². The van der Waals surface area contributed by atoms with Gasteiger partial charge in [-0.05, 0) is 18.4 Å². The van der Waals surface area contributed by atoms with Crippen molar-refractivity contribution >= 4 is 5.91 Å². The standard InChI is InChI=1S/C17H24N2O2/c1-15(20)19-9-5-8-17(14-19)13-18(10-11-21-17)12-16-6-3-2-4-7-16/h2-4,6-7H,5,8-14H2,1H3/t17-/m0/s1. The van der Waals surface area contributed by atoms with Gasteiger partial charge in [0.05, 0.1) is 18.8 Å². The van der Waals surface area contributed by atoms with Crippen LogP contribution in [0.15, 0.2) is 30.3 Å². The molecule has 4 nitrogen and oxygen atoms in total. The Balaban J connectivity index is 1.66. The number of hydrogen-bond acceptors (Lipinski definition) is 3. The lowest BCUT2D eigenvalue weighted by molar-refractivity contribution is -0.156. The zero-order valence-corrected chi connectivity index (χ0v) is 12.8. The van der Waals surface area contributed by atoms with E-state index in [0.717, 1.165) is 52.2 Å². The maximum Gasteiger partial charge on any atom is 0.219 e. The van der Waals surface area contributed by atoms with Gasteiger partial charge < -0.3 is 9.64 Å². The molecule has 0 aliphatic carbocycles. The lowest BCUT2D eigenvalue weighted by atomic mass is 9.90. The van der Waals surface area contributed by atoms with Gasteiger partial charge >= 0.3 is 0 Å². The van der Waals surface area contributed by atoms with Gasteiger partial charge in [-0.1, -0.05) is 30.3 Å². The Bertz CT molecular complexity index is 487. The van der Waals surface area contributed by atoms with Crippen molar-refractivity contribution in [2.75, 3.05) is 32.8 Å². The van der Waals surface area contributed by atoms with Gasteiger partial charge in [0, 0.05) is 33.1 Å². The van der Waals surface area contributed by atoms with Crippen molar-refractivity contribution in [3.8, 4) is 0 Å². The maximum atomic E-state index is 11.7. The van der Waals surface area contributed by atoms with Crippen molar-refractivity contribution in [1.29, 1.82) is 0 Å². The number of likely N-dealkylation sites (tertiary alicyclic amines) is 1. The highest BCUT2D eigenvalue weighted by molar-refractivity contribution is 5.73. The molecule has 2 saturated heterocycles. The summed E-state index contributed by atoms with van der Waals surface area (Å²) >= 11 is 0. The lowest BCUT2D eigenvalue weighted by Gasteiger charge is -2.48. The van der Waals surface area contributed by atoms with Crippen LogP contribution in [0.5, 0.6) is 0 Å². The third kappa shape index (κ3) is 3.44. The minimum Gasteiger partial charge on any atom is -0.370 e. The van der Waals surface area contributed by atoms with Gasteiger partial charge in [-0.2, -0.15) is 0 Å². The van der Waals surface area contributed by atoms with E-state index in [-0.39, 0.29) is 11.5 Å². The number of hydrogen-bond donors (Lipinski definition) is 0. The average Bonchev–Trinajstić information content (AvgIpc) is 2.48. The Morgan fingerprint density at radius 1 is 1.24 bits per heavy atom.